The Morgan fingerprint density at radius 3 is 2.61 bits per heavy atom. The average Bonchev–Trinajstić information content (AvgIpc) is 2.56. The van der Waals surface area contributed by atoms with Gasteiger partial charge in [-0.3, -0.25) is 0 Å². The Morgan fingerprint density at radius 1 is 1.44 bits per heavy atom. The molecule has 1 heterocycles. The third-order valence-electron chi connectivity index (χ3n) is 2.56. The molecule has 0 radical (unpaired) electrons. The van der Waals surface area contributed by atoms with E-state index in [-0.39, 0.29) is 12.1 Å². The van der Waals surface area contributed by atoms with E-state index >= 15 is 0 Å². The topological polar surface area (TPSA) is 74.5 Å². The van der Waals surface area contributed by atoms with Crippen LogP contribution in [-0.2, 0) is 0 Å². The third-order valence-corrected chi connectivity index (χ3v) is 2.56. The molecular weight excluding hydrogens is 232 g/mol. The summed E-state index contributed by atoms with van der Waals surface area (Å²) in [6, 6.07) is 1.72. The van der Waals surface area contributed by atoms with Gasteiger partial charge in [-0.2, -0.15) is 0 Å². The Morgan fingerprint density at radius 2 is 2.11 bits per heavy atom. The minimum atomic E-state index is -0.609. The Kier molecular flexibility index (Phi) is 5.22. The average molecular weight is 254 g/mol. The highest BCUT2D eigenvalue weighted by Gasteiger charge is 2.14. The fraction of sp³-hybridized carbons (Fsp3) is 0.615. The maximum atomic E-state index is 11.3. The summed E-state index contributed by atoms with van der Waals surface area (Å²) in [7, 11) is 0. The van der Waals surface area contributed by atoms with E-state index in [1.807, 2.05) is 33.8 Å². The summed E-state index contributed by atoms with van der Waals surface area (Å²) >= 11 is 0. The molecule has 0 saturated heterocycles. The number of aryl methyl sites for hydroxylation is 2. The van der Waals surface area contributed by atoms with Gasteiger partial charge in [-0.05, 0) is 40.2 Å². The zero-order valence-electron chi connectivity index (χ0n) is 11.4. The molecular formula is C13H22N2O3. The summed E-state index contributed by atoms with van der Waals surface area (Å²) in [4.78, 5) is 11.3. The molecule has 1 aromatic heterocycles. The number of nitrogens with one attached hydrogen (secondary N) is 2. The minimum absolute atomic E-state index is 0.105. The van der Waals surface area contributed by atoms with Crippen molar-refractivity contribution in [3.05, 3.63) is 23.2 Å². The van der Waals surface area contributed by atoms with Crippen LogP contribution in [0.2, 0.25) is 0 Å². The Labute approximate surface area is 108 Å². The summed E-state index contributed by atoms with van der Waals surface area (Å²) in [5, 5.41) is 15.4. The van der Waals surface area contributed by atoms with Crippen LogP contribution in [0.5, 0.6) is 0 Å². The molecule has 0 aliphatic heterocycles. The van der Waals surface area contributed by atoms with Crippen LogP contribution >= 0.6 is 0 Å². The molecule has 0 fully saturated rings. The van der Waals surface area contributed by atoms with Crippen LogP contribution in [0.15, 0.2) is 10.5 Å². The highest BCUT2D eigenvalue weighted by Crippen LogP contribution is 2.23. The van der Waals surface area contributed by atoms with Crippen LogP contribution < -0.4 is 10.6 Å². The van der Waals surface area contributed by atoms with Crippen molar-refractivity contribution in [2.24, 2.45) is 0 Å². The summed E-state index contributed by atoms with van der Waals surface area (Å²) in [6.07, 6.45) is -0.146. The Hall–Kier alpha value is -1.49. The van der Waals surface area contributed by atoms with Crippen molar-refractivity contribution in [2.75, 3.05) is 6.54 Å². The molecule has 5 nitrogen and oxygen atoms in total. The number of aliphatic hydroxyl groups excluding tert-OH is 1. The summed E-state index contributed by atoms with van der Waals surface area (Å²) in [6.45, 7) is 7.88. The molecule has 18 heavy (non-hydrogen) atoms. The maximum absolute atomic E-state index is 11.3. The Bertz CT molecular complexity index is 399. The van der Waals surface area contributed by atoms with Gasteiger partial charge >= 0.3 is 6.03 Å². The van der Waals surface area contributed by atoms with E-state index in [1.54, 1.807) is 0 Å². The second-order valence-corrected chi connectivity index (χ2v) is 4.73. The SMILES string of the molecule is Cc1cc(C(O)CCNC(=O)NC(C)C)c(C)o1. The zero-order valence-corrected chi connectivity index (χ0v) is 11.4. The van der Waals surface area contributed by atoms with Gasteiger partial charge < -0.3 is 20.2 Å². The van der Waals surface area contributed by atoms with Crippen LogP contribution in [-0.4, -0.2) is 23.7 Å². The first-order chi connectivity index (χ1) is 8.40. The monoisotopic (exact) mass is 254 g/mol. The molecule has 0 aliphatic carbocycles. The van der Waals surface area contributed by atoms with E-state index in [1.165, 1.54) is 0 Å². The fourth-order valence-corrected chi connectivity index (χ4v) is 1.77. The van der Waals surface area contributed by atoms with Crippen molar-refractivity contribution in [1.82, 2.24) is 10.6 Å². The summed E-state index contributed by atoms with van der Waals surface area (Å²) in [5.74, 6) is 1.51. The van der Waals surface area contributed by atoms with Gasteiger partial charge in [0, 0.05) is 18.2 Å². The molecule has 1 rings (SSSR count). The normalized spacial score (nSPS) is 12.6. The van der Waals surface area contributed by atoms with Crippen molar-refractivity contribution in [3.63, 3.8) is 0 Å². The lowest BCUT2D eigenvalue weighted by Gasteiger charge is -2.12. The van der Waals surface area contributed by atoms with Crippen LogP contribution in [0.3, 0.4) is 0 Å². The molecule has 2 amide bonds. The van der Waals surface area contributed by atoms with Crippen molar-refractivity contribution >= 4 is 6.03 Å². The molecule has 5 heteroatoms. The molecule has 0 aromatic carbocycles. The molecule has 102 valence electrons. The second kappa shape index (κ2) is 6.44. The highest BCUT2D eigenvalue weighted by atomic mass is 16.3. The van der Waals surface area contributed by atoms with E-state index in [2.05, 4.69) is 10.6 Å². The number of hydrogen-bond acceptors (Lipinski definition) is 3. The van der Waals surface area contributed by atoms with Crippen LogP contribution in [0, 0.1) is 13.8 Å². The number of amides is 2. The van der Waals surface area contributed by atoms with Crippen molar-refractivity contribution in [3.8, 4) is 0 Å². The summed E-state index contributed by atoms with van der Waals surface area (Å²) in [5.41, 5.74) is 0.790. The third kappa shape index (κ3) is 4.41. The standard InChI is InChI=1S/C13H22N2O3/c1-8(2)15-13(17)14-6-5-12(16)11-7-9(3)18-10(11)4/h7-8,12,16H,5-6H2,1-4H3,(H2,14,15,17). The van der Waals surface area contributed by atoms with E-state index in [9.17, 15) is 9.90 Å². The number of hydrogen-bond donors (Lipinski definition) is 3. The first kappa shape index (κ1) is 14.6. The minimum Gasteiger partial charge on any atom is -0.466 e. The molecule has 0 aliphatic rings. The van der Waals surface area contributed by atoms with Crippen LogP contribution in [0.1, 0.15) is 43.5 Å². The smallest absolute Gasteiger partial charge is 0.314 e. The zero-order chi connectivity index (χ0) is 13.7. The van der Waals surface area contributed by atoms with Crippen molar-refractivity contribution in [2.45, 2.75) is 46.3 Å². The maximum Gasteiger partial charge on any atom is 0.314 e. The lowest BCUT2D eigenvalue weighted by atomic mass is 10.1. The fourth-order valence-electron chi connectivity index (χ4n) is 1.77. The predicted molar refractivity (Wildman–Crippen MR) is 69.4 cm³/mol. The van der Waals surface area contributed by atoms with Gasteiger partial charge in [0.2, 0.25) is 0 Å². The first-order valence-corrected chi connectivity index (χ1v) is 6.19. The largest absolute Gasteiger partial charge is 0.466 e. The van der Waals surface area contributed by atoms with Gasteiger partial charge in [-0.1, -0.05) is 0 Å². The lowest BCUT2D eigenvalue weighted by molar-refractivity contribution is 0.165. The van der Waals surface area contributed by atoms with E-state index in [0.29, 0.717) is 13.0 Å². The van der Waals surface area contributed by atoms with Crippen molar-refractivity contribution < 1.29 is 14.3 Å². The summed E-state index contributed by atoms with van der Waals surface area (Å²) < 4.78 is 5.36. The number of rotatable bonds is 5. The molecule has 0 saturated carbocycles. The van der Waals surface area contributed by atoms with Gasteiger partial charge in [0.05, 0.1) is 6.10 Å². The quantitative estimate of drug-likeness (QED) is 0.752. The van der Waals surface area contributed by atoms with Crippen molar-refractivity contribution in [1.29, 1.82) is 0 Å². The van der Waals surface area contributed by atoms with E-state index < -0.39 is 6.10 Å². The van der Waals surface area contributed by atoms with Gasteiger partial charge in [0.25, 0.3) is 0 Å². The second-order valence-electron chi connectivity index (χ2n) is 4.73. The molecule has 3 N–H and O–H groups in total. The highest BCUT2D eigenvalue weighted by molar-refractivity contribution is 5.74. The molecule has 1 atom stereocenters. The number of aliphatic hydroxyl groups is 1. The van der Waals surface area contributed by atoms with Gasteiger partial charge in [0.15, 0.2) is 0 Å². The Balaban J connectivity index is 2.35. The molecule has 0 bridgehead atoms. The molecule has 1 unspecified atom stereocenters. The van der Waals surface area contributed by atoms with Crippen LogP contribution in [0.4, 0.5) is 4.79 Å². The lowest BCUT2D eigenvalue weighted by Crippen LogP contribution is -2.40. The number of carbonyl (C=O) groups excluding carboxylic acids is 1. The molecule has 0 spiro atoms. The van der Waals surface area contributed by atoms with Gasteiger partial charge in [0.1, 0.15) is 11.5 Å². The van der Waals surface area contributed by atoms with E-state index in [0.717, 1.165) is 17.1 Å². The van der Waals surface area contributed by atoms with E-state index in [4.69, 9.17) is 4.42 Å². The predicted octanol–water partition coefficient (Wildman–Crippen LogP) is 2.03. The van der Waals surface area contributed by atoms with Crippen LogP contribution in [0.25, 0.3) is 0 Å². The molecule has 1 aromatic rings. The number of furan rings is 1. The van der Waals surface area contributed by atoms with Gasteiger partial charge in [-0.15, -0.1) is 0 Å². The number of urea groups is 1. The first-order valence-electron chi connectivity index (χ1n) is 6.19. The van der Waals surface area contributed by atoms with Gasteiger partial charge in [-0.25, -0.2) is 4.79 Å². The number of carbonyl (C=O) groups is 1.